The summed E-state index contributed by atoms with van der Waals surface area (Å²) in [7, 11) is 2.57. The molecule has 1 aliphatic heterocycles. The minimum absolute atomic E-state index is 0.146. The predicted molar refractivity (Wildman–Crippen MR) is 106 cm³/mol. The van der Waals surface area contributed by atoms with Crippen molar-refractivity contribution in [3.05, 3.63) is 16.0 Å². The van der Waals surface area contributed by atoms with Crippen molar-refractivity contribution in [1.29, 1.82) is 0 Å². The maximum Gasteiger partial charge on any atom is 0.348 e. The zero-order valence-corrected chi connectivity index (χ0v) is 17.6. The number of ether oxygens (including phenoxy) is 2. The van der Waals surface area contributed by atoms with Gasteiger partial charge in [-0.1, -0.05) is 12.8 Å². The van der Waals surface area contributed by atoms with Gasteiger partial charge in [0.2, 0.25) is 0 Å². The number of thiophene rings is 1. The predicted octanol–water partition coefficient (Wildman–Crippen LogP) is 1.66. The minimum Gasteiger partial charge on any atom is -0.465 e. The van der Waals surface area contributed by atoms with E-state index < -0.39 is 11.9 Å². The highest BCUT2D eigenvalue weighted by Crippen LogP contribution is 2.34. The minimum atomic E-state index is -0.574. The highest BCUT2D eigenvalue weighted by Gasteiger charge is 2.34. The Morgan fingerprint density at radius 3 is 2.43 bits per heavy atom. The standard InChI is InChI=1S/C20H28N2O5S/c1-12-16(19(24)26-2)18(28-17(12)20(25)27-3)21-15(23)11-22-9-8-13-6-4-5-7-14(13)10-22/h13-14H,4-11H2,1-3H3,(H,21,23)/p+1/t13-,14+/m0/s1. The van der Waals surface area contributed by atoms with Gasteiger partial charge in [-0.2, -0.15) is 0 Å². The van der Waals surface area contributed by atoms with E-state index >= 15 is 0 Å². The van der Waals surface area contributed by atoms with Crippen LogP contribution in [0.3, 0.4) is 0 Å². The fourth-order valence-corrected chi connectivity index (χ4v) is 5.72. The second-order valence-corrected chi connectivity index (χ2v) is 8.79. The van der Waals surface area contributed by atoms with Gasteiger partial charge in [-0.05, 0) is 37.7 Å². The first-order valence-corrected chi connectivity index (χ1v) is 10.7. The van der Waals surface area contributed by atoms with Crippen LogP contribution in [0.15, 0.2) is 0 Å². The molecule has 2 heterocycles. The van der Waals surface area contributed by atoms with Gasteiger partial charge >= 0.3 is 11.9 Å². The molecule has 1 aromatic heterocycles. The van der Waals surface area contributed by atoms with Crippen LogP contribution in [0.1, 0.15) is 57.7 Å². The first-order chi connectivity index (χ1) is 13.4. The molecule has 1 amide bonds. The van der Waals surface area contributed by atoms with Gasteiger partial charge in [0.1, 0.15) is 9.88 Å². The molecule has 0 aromatic carbocycles. The summed E-state index contributed by atoms with van der Waals surface area (Å²) in [6, 6.07) is 0. The number of nitrogens with one attached hydrogen (secondary N) is 2. The summed E-state index contributed by atoms with van der Waals surface area (Å²) >= 11 is 1.05. The molecule has 0 bridgehead atoms. The van der Waals surface area contributed by atoms with E-state index in [0.717, 1.165) is 36.3 Å². The highest BCUT2D eigenvalue weighted by molar-refractivity contribution is 7.18. The number of esters is 2. The number of piperidine rings is 1. The van der Waals surface area contributed by atoms with Crippen molar-refractivity contribution in [2.45, 2.75) is 39.0 Å². The number of methoxy groups -OCH3 is 2. The number of carbonyl (C=O) groups excluding carboxylic acids is 3. The average Bonchev–Trinajstić information content (AvgIpc) is 3.02. The SMILES string of the molecule is COC(=O)c1sc(NC(=O)C[NH+]2CC[C@@H]3CCCC[C@@H]3C2)c(C(=O)OC)c1C. The Labute approximate surface area is 169 Å². The van der Waals surface area contributed by atoms with E-state index in [2.05, 4.69) is 5.32 Å². The van der Waals surface area contributed by atoms with Crippen LogP contribution in [-0.4, -0.2) is 51.7 Å². The van der Waals surface area contributed by atoms with Gasteiger partial charge in [0.15, 0.2) is 6.54 Å². The second-order valence-electron chi connectivity index (χ2n) is 7.77. The molecular formula is C20H29N2O5S+. The topological polar surface area (TPSA) is 86.1 Å². The van der Waals surface area contributed by atoms with Gasteiger partial charge in [-0.25, -0.2) is 9.59 Å². The van der Waals surface area contributed by atoms with Crippen LogP contribution >= 0.6 is 11.3 Å². The Morgan fingerprint density at radius 1 is 1.07 bits per heavy atom. The molecule has 0 radical (unpaired) electrons. The maximum atomic E-state index is 12.7. The summed E-state index contributed by atoms with van der Waals surface area (Å²) in [5.41, 5.74) is 0.691. The Hall–Kier alpha value is -1.93. The summed E-state index contributed by atoms with van der Waals surface area (Å²) in [5, 5.41) is 3.18. The van der Waals surface area contributed by atoms with Crippen LogP contribution in [0.4, 0.5) is 5.00 Å². The highest BCUT2D eigenvalue weighted by atomic mass is 32.1. The fourth-order valence-electron chi connectivity index (χ4n) is 4.59. The summed E-state index contributed by atoms with van der Waals surface area (Å²) < 4.78 is 9.61. The van der Waals surface area contributed by atoms with Gasteiger partial charge in [-0.15, -0.1) is 11.3 Å². The Kier molecular flexibility index (Phi) is 6.72. The lowest BCUT2D eigenvalue weighted by Crippen LogP contribution is -3.15. The van der Waals surface area contributed by atoms with Gasteiger partial charge in [-0.3, -0.25) is 4.79 Å². The van der Waals surface area contributed by atoms with E-state index in [1.807, 2.05) is 0 Å². The van der Waals surface area contributed by atoms with E-state index in [-0.39, 0.29) is 11.5 Å². The smallest absolute Gasteiger partial charge is 0.348 e. The monoisotopic (exact) mass is 409 g/mol. The van der Waals surface area contributed by atoms with Gasteiger partial charge in [0.05, 0.1) is 32.9 Å². The lowest BCUT2D eigenvalue weighted by molar-refractivity contribution is -0.902. The molecule has 2 N–H and O–H groups in total. The van der Waals surface area contributed by atoms with Crippen LogP contribution in [0.25, 0.3) is 0 Å². The van der Waals surface area contributed by atoms with Crippen LogP contribution in [0, 0.1) is 18.8 Å². The van der Waals surface area contributed by atoms with Crippen molar-refractivity contribution < 1.29 is 28.8 Å². The average molecular weight is 410 g/mol. The number of quaternary nitrogens is 1. The van der Waals surface area contributed by atoms with Crippen molar-refractivity contribution in [3.63, 3.8) is 0 Å². The third kappa shape index (κ3) is 4.38. The second kappa shape index (κ2) is 9.05. The normalized spacial score (nSPS) is 24.2. The number of anilines is 1. The number of hydrogen-bond donors (Lipinski definition) is 2. The molecule has 1 unspecified atom stereocenters. The van der Waals surface area contributed by atoms with Crippen LogP contribution in [0.2, 0.25) is 0 Å². The molecule has 2 aliphatic rings. The van der Waals surface area contributed by atoms with Crippen molar-refractivity contribution in [3.8, 4) is 0 Å². The molecule has 154 valence electrons. The molecule has 28 heavy (non-hydrogen) atoms. The van der Waals surface area contributed by atoms with Crippen molar-refractivity contribution in [1.82, 2.24) is 0 Å². The van der Waals surface area contributed by atoms with E-state index in [4.69, 9.17) is 9.47 Å². The number of amides is 1. The molecule has 7 nitrogen and oxygen atoms in total. The van der Waals surface area contributed by atoms with E-state index in [1.54, 1.807) is 6.92 Å². The molecule has 1 aliphatic carbocycles. The van der Waals surface area contributed by atoms with E-state index in [1.165, 1.54) is 51.2 Å². The lowest BCUT2D eigenvalue weighted by Gasteiger charge is -2.38. The third-order valence-electron chi connectivity index (χ3n) is 6.06. The van der Waals surface area contributed by atoms with Crippen molar-refractivity contribution >= 4 is 34.2 Å². The van der Waals surface area contributed by atoms with Crippen LogP contribution in [0.5, 0.6) is 0 Å². The number of carbonyl (C=O) groups is 3. The van der Waals surface area contributed by atoms with Gasteiger partial charge < -0.3 is 19.7 Å². The maximum absolute atomic E-state index is 12.7. The number of likely N-dealkylation sites (tertiary alicyclic amines) is 1. The lowest BCUT2D eigenvalue weighted by atomic mass is 9.75. The quantitative estimate of drug-likeness (QED) is 0.723. The molecule has 0 spiro atoms. The van der Waals surface area contributed by atoms with Gasteiger partial charge in [0, 0.05) is 5.92 Å². The molecule has 2 fully saturated rings. The molecular weight excluding hydrogens is 380 g/mol. The molecule has 1 aromatic rings. The molecule has 3 rings (SSSR count). The zero-order chi connectivity index (χ0) is 20.3. The molecule has 1 saturated carbocycles. The summed E-state index contributed by atoms with van der Waals surface area (Å²) in [4.78, 5) is 38.4. The van der Waals surface area contributed by atoms with Gasteiger partial charge in [0.25, 0.3) is 5.91 Å². The Morgan fingerprint density at radius 2 is 1.75 bits per heavy atom. The summed E-state index contributed by atoms with van der Waals surface area (Å²) in [6.45, 7) is 4.08. The largest absolute Gasteiger partial charge is 0.465 e. The summed E-state index contributed by atoms with van der Waals surface area (Å²) in [5.74, 6) is 0.305. The number of rotatable bonds is 5. The third-order valence-corrected chi connectivity index (χ3v) is 7.24. The fraction of sp³-hybridized carbons (Fsp3) is 0.650. The molecule has 3 atom stereocenters. The van der Waals surface area contributed by atoms with Crippen molar-refractivity contribution in [2.24, 2.45) is 11.8 Å². The first-order valence-electron chi connectivity index (χ1n) is 9.88. The molecule has 8 heteroatoms. The Balaban J connectivity index is 1.69. The zero-order valence-electron chi connectivity index (χ0n) is 16.8. The number of fused-ring (bicyclic) bond motifs is 1. The number of hydrogen-bond acceptors (Lipinski definition) is 6. The molecule has 1 saturated heterocycles. The summed E-state index contributed by atoms with van der Waals surface area (Å²) in [6.07, 6.45) is 6.43. The van der Waals surface area contributed by atoms with Crippen LogP contribution < -0.4 is 10.2 Å². The first kappa shape index (κ1) is 20.8. The van der Waals surface area contributed by atoms with Crippen molar-refractivity contribution in [2.75, 3.05) is 39.2 Å². The Bertz CT molecular complexity index is 760. The van der Waals surface area contributed by atoms with Crippen LogP contribution in [-0.2, 0) is 14.3 Å². The van der Waals surface area contributed by atoms with E-state index in [9.17, 15) is 14.4 Å². The van der Waals surface area contributed by atoms with E-state index in [0.29, 0.717) is 22.0 Å².